The molecular formula is C42H68N2O7SSi3. The number of rotatable bonds is 13. The van der Waals surface area contributed by atoms with Gasteiger partial charge in [-0.05, 0) is 89.8 Å². The van der Waals surface area contributed by atoms with Gasteiger partial charge in [0.15, 0.2) is 31.2 Å². The third-order valence-electron chi connectivity index (χ3n) is 12.7. The first kappa shape index (κ1) is 45.3. The van der Waals surface area contributed by atoms with Crippen LogP contribution < -0.4 is 15.2 Å². The van der Waals surface area contributed by atoms with Crippen LogP contribution in [0.3, 0.4) is 0 Å². The molecule has 1 N–H and O–H groups in total. The maximum absolute atomic E-state index is 14.3. The van der Waals surface area contributed by atoms with Gasteiger partial charge in [-0.25, -0.2) is 4.79 Å². The molecule has 306 valence electrons. The summed E-state index contributed by atoms with van der Waals surface area (Å²) in [5.41, 5.74) is 2.35. The third kappa shape index (κ3) is 10.0. The second kappa shape index (κ2) is 16.5. The van der Waals surface area contributed by atoms with Gasteiger partial charge in [0, 0.05) is 17.7 Å². The van der Waals surface area contributed by atoms with E-state index in [-0.39, 0.29) is 26.7 Å². The minimum absolute atomic E-state index is 0.00412. The summed E-state index contributed by atoms with van der Waals surface area (Å²) in [6.45, 7) is 33.9. The zero-order valence-corrected chi connectivity index (χ0v) is 40.3. The van der Waals surface area contributed by atoms with E-state index in [0.717, 1.165) is 28.2 Å². The monoisotopic (exact) mass is 828 g/mol. The van der Waals surface area contributed by atoms with Gasteiger partial charge >= 0.3 is 5.69 Å². The van der Waals surface area contributed by atoms with Gasteiger partial charge in [-0.3, -0.25) is 9.55 Å². The molecule has 55 heavy (non-hydrogen) atoms. The fraction of sp³-hybridized carbons (Fsp3) is 0.619. The molecule has 13 heteroatoms. The molecule has 2 heterocycles. The van der Waals surface area contributed by atoms with Crippen LogP contribution in [0.2, 0.25) is 54.4 Å². The van der Waals surface area contributed by atoms with Crippen molar-refractivity contribution in [1.82, 2.24) is 9.55 Å². The highest BCUT2D eigenvalue weighted by atomic mass is 32.1. The van der Waals surface area contributed by atoms with Gasteiger partial charge in [0.2, 0.25) is 0 Å². The molecule has 0 spiro atoms. The molecule has 4 atom stereocenters. The summed E-state index contributed by atoms with van der Waals surface area (Å²) in [6.07, 6.45) is -0.517. The Labute approximate surface area is 338 Å². The number of aromatic nitrogens is 2. The average molecular weight is 829 g/mol. The summed E-state index contributed by atoms with van der Waals surface area (Å²) in [5.74, 6) is 1.16. The van der Waals surface area contributed by atoms with E-state index in [1.54, 1.807) is 18.8 Å². The minimum atomic E-state index is -2.46. The van der Waals surface area contributed by atoms with E-state index >= 15 is 0 Å². The van der Waals surface area contributed by atoms with Crippen LogP contribution in [0.4, 0.5) is 0 Å². The highest BCUT2D eigenvalue weighted by Gasteiger charge is 2.55. The predicted molar refractivity (Wildman–Crippen MR) is 234 cm³/mol. The van der Waals surface area contributed by atoms with Gasteiger partial charge in [0.05, 0.1) is 20.8 Å². The molecule has 1 fully saturated rings. The number of ether oxygens (including phenoxy) is 3. The molecule has 0 unspecified atom stereocenters. The summed E-state index contributed by atoms with van der Waals surface area (Å²) in [5, 5.41) is -0.200. The lowest BCUT2D eigenvalue weighted by Crippen LogP contribution is -2.54. The molecule has 0 amide bonds. The Morgan fingerprint density at radius 1 is 0.709 bits per heavy atom. The maximum atomic E-state index is 14.3. The fourth-order valence-corrected chi connectivity index (χ4v) is 9.79. The predicted octanol–water partition coefficient (Wildman–Crippen LogP) is 10.8. The van der Waals surface area contributed by atoms with E-state index in [2.05, 4.69) is 107 Å². The largest absolute Gasteiger partial charge is 0.497 e. The SMILES string of the molecule is COc1ccc(C(c2ccc(OC)cc2)c2cn([C@@H]3O[C@H](CO[Si](C)(C)C(C)(C)C)[C@@H](O[Si](C)(C)C(C)(C)C)[C@H]3O[Si](C)(C)C(C)(C)C)c(=O)[nH]c2=S)cc1. The molecule has 3 aromatic rings. The van der Waals surface area contributed by atoms with Crippen LogP contribution >= 0.6 is 12.2 Å². The first-order chi connectivity index (χ1) is 25.1. The summed E-state index contributed by atoms with van der Waals surface area (Å²) in [6, 6.07) is 15.9. The lowest BCUT2D eigenvalue weighted by molar-refractivity contribution is -0.0511. The van der Waals surface area contributed by atoms with Crippen LogP contribution in [0.25, 0.3) is 0 Å². The van der Waals surface area contributed by atoms with Crippen LogP contribution in [0, 0.1) is 4.64 Å². The van der Waals surface area contributed by atoms with Crippen molar-refractivity contribution in [3.8, 4) is 11.5 Å². The second-order valence-corrected chi connectivity index (χ2v) is 34.3. The highest BCUT2D eigenvalue weighted by Crippen LogP contribution is 2.47. The van der Waals surface area contributed by atoms with Crippen molar-refractivity contribution in [2.75, 3.05) is 20.8 Å². The Morgan fingerprint density at radius 3 is 1.53 bits per heavy atom. The van der Waals surface area contributed by atoms with E-state index in [1.165, 1.54) is 0 Å². The highest BCUT2D eigenvalue weighted by molar-refractivity contribution is 7.71. The third-order valence-corrected chi connectivity index (χ3v) is 26.4. The van der Waals surface area contributed by atoms with Gasteiger partial charge in [-0.15, -0.1) is 0 Å². The minimum Gasteiger partial charge on any atom is -0.497 e. The zero-order valence-electron chi connectivity index (χ0n) is 36.5. The van der Waals surface area contributed by atoms with E-state index in [1.807, 2.05) is 54.7 Å². The Morgan fingerprint density at radius 2 is 1.13 bits per heavy atom. The van der Waals surface area contributed by atoms with E-state index in [0.29, 0.717) is 11.2 Å². The standard InChI is InChI=1S/C42H68N2O7SSi3/c1-40(2,3)53(12,13)48-27-33-35(50-54(14,15)41(4,5)6)36(51-55(16,17)42(7,8)9)38(49-33)44-26-32(37(52)43-39(44)45)34(28-18-22-30(46-10)23-19-28)29-20-24-31(47-11)25-21-29/h18-26,33-36,38H,27H2,1-17H3,(H,43,45,52)/t33-,35-,36-,38-/m1/s1. The maximum Gasteiger partial charge on any atom is 0.328 e. The Balaban J connectivity index is 1.97. The van der Waals surface area contributed by atoms with E-state index < -0.39 is 49.5 Å². The molecule has 0 aliphatic carbocycles. The zero-order chi connectivity index (χ0) is 41.5. The number of methoxy groups -OCH3 is 2. The van der Waals surface area contributed by atoms with Gasteiger partial charge in [-0.1, -0.05) is 98.8 Å². The molecule has 2 aromatic carbocycles. The topological polar surface area (TPSA) is 93.2 Å². The van der Waals surface area contributed by atoms with Crippen molar-refractivity contribution >= 4 is 37.2 Å². The number of nitrogens with zero attached hydrogens (tertiary/aromatic N) is 1. The number of H-pyrrole nitrogens is 1. The molecule has 4 rings (SSSR count). The summed E-state index contributed by atoms with van der Waals surface area (Å²) in [4.78, 5) is 17.3. The lowest BCUT2D eigenvalue weighted by Gasteiger charge is -2.44. The van der Waals surface area contributed by atoms with Gasteiger partial charge in [-0.2, -0.15) is 0 Å². The molecule has 0 saturated carbocycles. The molecule has 1 aliphatic heterocycles. The summed E-state index contributed by atoms with van der Waals surface area (Å²) in [7, 11) is -3.74. The Hall–Kier alpha value is -2.37. The molecular weight excluding hydrogens is 761 g/mol. The van der Waals surface area contributed by atoms with Gasteiger partial charge in [0.25, 0.3) is 0 Å². The first-order valence-corrected chi connectivity index (χ1v) is 28.6. The van der Waals surface area contributed by atoms with Crippen LogP contribution in [-0.2, 0) is 18.0 Å². The number of hydrogen-bond acceptors (Lipinski definition) is 8. The lowest BCUT2D eigenvalue weighted by atomic mass is 9.86. The first-order valence-electron chi connectivity index (χ1n) is 19.4. The van der Waals surface area contributed by atoms with Crippen LogP contribution in [-0.4, -0.2) is 73.6 Å². The van der Waals surface area contributed by atoms with Crippen molar-refractivity contribution in [3.05, 3.63) is 86.5 Å². The van der Waals surface area contributed by atoms with Crippen molar-refractivity contribution in [1.29, 1.82) is 0 Å². The van der Waals surface area contributed by atoms with Gasteiger partial charge < -0.3 is 27.5 Å². The average Bonchev–Trinajstić information content (AvgIpc) is 3.38. The number of benzene rings is 2. The normalized spacial score (nSPS) is 20.3. The number of aromatic amines is 1. The molecule has 1 saturated heterocycles. The molecule has 0 radical (unpaired) electrons. The summed E-state index contributed by atoms with van der Waals surface area (Å²) < 4.78 is 41.7. The molecule has 1 aromatic heterocycles. The molecule has 0 bridgehead atoms. The molecule has 9 nitrogen and oxygen atoms in total. The number of hydrogen-bond donors (Lipinski definition) is 1. The quantitative estimate of drug-likeness (QED) is 0.135. The second-order valence-electron chi connectivity index (χ2n) is 19.6. The van der Waals surface area contributed by atoms with E-state index in [4.69, 9.17) is 39.7 Å². The smallest absolute Gasteiger partial charge is 0.328 e. The van der Waals surface area contributed by atoms with Crippen LogP contribution in [0.15, 0.2) is 59.5 Å². The summed E-state index contributed by atoms with van der Waals surface area (Å²) >= 11 is 5.97. The van der Waals surface area contributed by atoms with Crippen molar-refractivity contribution in [2.24, 2.45) is 0 Å². The van der Waals surface area contributed by atoms with E-state index in [9.17, 15) is 4.79 Å². The van der Waals surface area contributed by atoms with Crippen molar-refractivity contribution < 1.29 is 27.5 Å². The molecule has 1 aliphatic rings. The van der Waals surface area contributed by atoms with Crippen LogP contribution in [0.5, 0.6) is 11.5 Å². The Kier molecular flexibility index (Phi) is 13.6. The number of nitrogens with one attached hydrogen (secondary N) is 1. The Bertz CT molecular complexity index is 1820. The van der Waals surface area contributed by atoms with Crippen molar-refractivity contribution in [3.63, 3.8) is 0 Å². The van der Waals surface area contributed by atoms with Gasteiger partial charge in [0.1, 0.15) is 34.5 Å². The van der Waals surface area contributed by atoms with Crippen molar-refractivity contribution in [2.45, 2.75) is 147 Å². The van der Waals surface area contributed by atoms with Crippen LogP contribution in [0.1, 0.15) is 91.1 Å². The fourth-order valence-electron chi connectivity index (χ4n) is 5.91.